The van der Waals surface area contributed by atoms with Crippen molar-refractivity contribution >= 4 is 21.4 Å². The van der Waals surface area contributed by atoms with Crippen LogP contribution in [0, 0.1) is 11.8 Å². The van der Waals surface area contributed by atoms with Crippen molar-refractivity contribution in [2.45, 2.75) is 32.7 Å². The van der Waals surface area contributed by atoms with Crippen molar-refractivity contribution in [1.82, 2.24) is 5.32 Å². The van der Waals surface area contributed by atoms with Gasteiger partial charge in [0.15, 0.2) is 0 Å². The fraction of sp³-hybridized carbons (Fsp3) is 0.500. The summed E-state index contributed by atoms with van der Waals surface area (Å²) in [6.07, 6.45) is 2.84. The largest absolute Gasteiger partial charge is 0.310 e. The highest BCUT2D eigenvalue weighted by atomic mass is 32.1. The molecule has 1 aliphatic rings. The van der Waals surface area contributed by atoms with Crippen LogP contribution >= 0.6 is 11.3 Å². The number of nitrogens with one attached hydrogen (secondary N) is 1. The van der Waals surface area contributed by atoms with Gasteiger partial charge in [0.2, 0.25) is 0 Å². The number of thiophene rings is 1. The van der Waals surface area contributed by atoms with Gasteiger partial charge in [-0.25, -0.2) is 0 Å². The van der Waals surface area contributed by atoms with Crippen LogP contribution in [-0.4, -0.2) is 6.54 Å². The Kier molecular flexibility index (Phi) is 3.40. The SMILES string of the molecule is CCNC(c1cccc2ccsc12)C(C)C1CC1. The summed E-state index contributed by atoms with van der Waals surface area (Å²) in [6.45, 7) is 5.67. The third kappa shape index (κ3) is 2.19. The fourth-order valence-corrected chi connectivity index (χ4v) is 3.91. The van der Waals surface area contributed by atoms with Gasteiger partial charge in [0.25, 0.3) is 0 Å². The maximum Gasteiger partial charge on any atom is 0.0390 e. The lowest BCUT2D eigenvalue weighted by Crippen LogP contribution is -2.27. The Balaban J connectivity index is 2.00. The van der Waals surface area contributed by atoms with Crippen molar-refractivity contribution in [2.24, 2.45) is 11.8 Å². The molecule has 0 saturated heterocycles. The van der Waals surface area contributed by atoms with Crippen LogP contribution in [0.3, 0.4) is 0 Å². The summed E-state index contributed by atoms with van der Waals surface area (Å²) in [5.74, 6) is 1.68. The monoisotopic (exact) mass is 259 g/mol. The Hall–Kier alpha value is -0.860. The summed E-state index contributed by atoms with van der Waals surface area (Å²) in [6, 6.07) is 9.48. The van der Waals surface area contributed by atoms with Gasteiger partial charge in [-0.15, -0.1) is 11.3 Å². The Bertz CT molecular complexity index is 527. The van der Waals surface area contributed by atoms with E-state index < -0.39 is 0 Å². The third-order valence-corrected chi connectivity index (χ3v) is 5.14. The third-order valence-electron chi connectivity index (χ3n) is 4.16. The number of fused-ring (bicyclic) bond motifs is 1. The van der Waals surface area contributed by atoms with Gasteiger partial charge >= 0.3 is 0 Å². The van der Waals surface area contributed by atoms with Crippen LogP contribution in [0.1, 0.15) is 38.3 Å². The quantitative estimate of drug-likeness (QED) is 0.827. The summed E-state index contributed by atoms with van der Waals surface area (Å²) in [5.41, 5.74) is 1.50. The van der Waals surface area contributed by atoms with E-state index in [1.165, 1.54) is 28.5 Å². The van der Waals surface area contributed by atoms with Crippen molar-refractivity contribution < 1.29 is 0 Å². The molecule has 96 valence electrons. The van der Waals surface area contributed by atoms with Crippen LogP contribution in [0.15, 0.2) is 29.6 Å². The van der Waals surface area contributed by atoms with Gasteiger partial charge in [-0.05, 0) is 53.6 Å². The van der Waals surface area contributed by atoms with E-state index in [0.717, 1.165) is 18.4 Å². The molecule has 1 saturated carbocycles. The van der Waals surface area contributed by atoms with Crippen molar-refractivity contribution in [3.63, 3.8) is 0 Å². The van der Waals surface area contributed by atoms with Gasteiger partial charge in [-0.2, -0.15) is 0 Å². The first-order valence-corrected chi connectivity index (χ1v) is 7.88. The minimum Gasteiger partial charge on any atom is -0.310 e. The minimum absolute atomic E-state index is 0.518. The molecule has 1 aromatic carbocycles. The van der Waals surface area contributed by atoms with E-state index >= 15 is 0 Å². The highest BCUT2D eigenvalue weighted by Gasteiger charge is 2.34. The molecule has 0 spiro atoms. The second-order valence-electron chi connectivity index (χ2n) is 5.42. The van der Waals surface area contributed by atoms with Crippen molar-refractivity contribution in [3.8, 4) is 0 Å². The van der Waals surface area contributed by atoms with Gasteiger partial charge in [-0.3, -0.25) is 0 Å². The fourth-order valence-electron chi connectivity index (χ4n) is 2.95. The molecule has 1 fully saturated rings. The van der Waals surface area contributed by atoms with Crippen molar-refractivity contribution in [3.05, 3.63) is 35.2 Å². The highest BCUT2D eigenvalue weighted by molar-refractivity contribution is 7.17. The first-order valence-electron chi connectivity index (χ1n) is 7.00. The van der Waals surface area contributed by atoms with Crippen molar-refractivity contribution in [1.29, 1.82) is 0 Å². The number of benzene rings is 1. The predicted octanol–water partition coefficient (Wildman–Crippen LogP) is 4.60. The Morgan fingerprint density at radius 2 is 2.17 bits per heavy atom. The molecule has 0 aliphatic heterocycles. The van der Waals surface area contributed by atoms with Crippen LogP contribution in [0.25, 0.3) is 10.1 Å². The van der Waals surface area contributed by atoms with E-state index in [1.54, 1.807) is 0 Å². The summed E-state index contributed by atoms with van der Waals surface area (Å²) in [5, 5.41) is 7.31. The van der Waals surface area contributed by atoms with Gasteiger partial charge in [0.05, 0.1) is 0 Å². The Labute approximate surface area is 113 Å². The molecule has 3 rings (SSSR count). The van der Waals surface area contributed by atoms with E-state index in [0.29, 0.717) is 6.04 Å². The lowest BCUT2D eigenvalue weighted by atomic mass is 9.90. The molecule has 1 aliphatic carbocycles. The zero-order valence-corrected chi connectivity index (χ0v) is 12.0. The Morgan fingerprint density at radius 3 is 2.89 bits per heavy atom. The second-order valence-corrected chi connectivity index (χ2v) is 6.33. The molecular formula is C16H21NS. The standard InChI is InChI=1S/C16H21NS/c1-3-17-15(11(2)12-7-8-12)14-6-4-5-13-9-10-18-16(13)14/h4-6,9-12,15,17H,3,7-8H2,1-2H3. The van der Waals surface area contributed by atoms with Gasteiger partial charge < -0.3 is 5.32 Å². The molecule has 0 bridgehead atoms. The topological polar surface area (TPSA) is 12.0 Å². The average Bonchev–Trinajstić information content (AvgIpc) is 3.12. The molecule has 1 nitrogen and oxygen atoms in total. The molecular weight excluding hydrogens is 238 g/mol. The number of hydrogen-bond acceptors (Lipinski definition) is 2. The normalized spacial score (nSPS) is 19.0. The van der Waals surface area contributed by atoms with E-state index in [4.69, 9.17) is 0 Å². The highest BCUT2D eigenvalue weighted by Crippen LogP contribution is 2.44. The summed E-state index contributed by atoms with van der Waals surface area (Å²) in [7, 11) is 0. The molecule has 18 heavy (non-hydrogen) atoms. The van der Waals surface area contributed by atoms with Crippen LogP contribution < -0.4 is 5.32 Å². The molecule has 0 amide bonds. The molecule has 0 radical (unpaired) electrons. The number of hydrogen-bond donors (Lipinski definition) is 1. The lowest BCUT2D eigenvalue weighted by Gasteiger charge is -2.26. The maximum atomic E-state index is 3.71. The summed E-state index contributed by atoms with van der Waals surface area (Å²) >= 11 is 1.88. The Morgan fingerprint density at radius 1 is 1.33 bits per heavy atom. The lowest BCUT2D eigenvalue weighted by molar-refractivity contribution is 0.357. The van der Waals surface area contributed by atoms with Crippen LogP contribution in [0.5, 0.6) is 0 Å². The summed E-state index contributed by atoms with van der Waals surface area (Å²) < 4.78 is 1.47. The van der Waals surface area contributed by atoms with Crippen molar-refractivity contribution in [2.75, 3.05) is 6.54 Å². The first-order chi connectivity index (χ1) is 8.81. The van der Waals surface area contributed by atoms with Crippen LogP contribution in [-0.2, 0) is 0 Å². The second kappa shape index (κ2) is 5.02. The smallest absolute Gasteiger partial charge is 0.0390 e. The van der Waals surface area contributed by atoms with Gasteiger partial charge in [0, 0.05) is 10.7 Å². The van der Waals surface area contributed by atoms with E-state index in [-0.39, 0.29) is 0 Å². The molecule has 1 N–H and O–H groups in total. The molecule has 2 atom stereocenters. The average molecular weight is 259 g/mol. The molecule has 2 unspecified atom stereocenters. The van der Waals surface area contributed by atoms with E-state index in [9.17, 15) is 0 Å². The molecule has 2 aromatic rings. The van der Waals surface area contributed by atoms with Crippen LogP contribution in [0.2, 0.25) is 0 Å². The first kappa shape index (κ1) is 12.2. The zero-order valence-electron chi connectivity index (χ0n) is 11.1. The summed E-state index contributed by atoms with van der Waals surface area (Å²) in [4.78, 5) is 0. The molecule has 1 aromatic heterocycles. The van der Waals surface area contributed by atoms with Gasteiger partial charge in [-0.1, -0.05) is 32.0 Å². The molecule has 1 heterocycles. The minimum atomic E-state index is 0.518. The zero-order chi connectivity index (χ0) is 12.5. The van der Waals surface area contributed by atoms with E-state index in [2.05, 4.69) is 48.8 Å². The number of rotatable bonds is 5. The van der Waals surface area contributed by atoms with E-state index in [1.807, 2.05) is 11.3 Å². The van der Waals surface area contributed by atoms with Crippen LogP contribution in [0.4, 0.5) is 0 Å². The maximum absolute atomic E-state index is 3.71. The van der Waals surface area contributed by atoms with Gasteiger partial charge in [0.1, 0.15) is 0 Å². The molecule has 2 heteroatoms. The predicted molar refractivity (Wildman–Crippen MR) is 80.1 cm³/mol.